The van der Waals surface area contributed by atoms with Crippen LogP contribution in [0.4, 0.5) is 0 Å². The minimum absolute atomic E-state index is 0.166. The van der Waals surface area contributed by atoms with E-state index in [1.54, 1.807) is 0 Å². The molecule has 1 aliphatic carbocycles. The molecule has 0 aliphatic heterocycles. The van der Waals surface area contributed by atoms with Crippen LogP contribution < -0.4 is 0 Å². The van der Waals surface area contributed by atoms with Gasteiger partial charge in [-0.2, -0.15) is 0 Å². The maximum absolute atomic E-state index is 11.9. The minimum Gasteiger partial charge on any atom is -0.463 e. The zero-order valence-corrected chi connectivity index (χ0v) is 15.6. The van der Waals surface area contributed by atoms with Gasteiger partial charge in [-0.1, -0.05) is 13.3 Å². The van der Waals surface area contributed by atoms with Crippen molar-refractivity contribution in [2.75, 3.05) is 13.2 Å². The summed E-state index contributed by atoms with van der Waals surface area (Å²) >= 11 is 0. The first-order valence-electron chi connectivity index (χ1n) is 8.40. The summed E-state index contributed by atoms with van der Waals surface area (Å²) in [6.07, 6.45) is -11.6. The van der Waals surface area contributed by atoms with Gasteiger partial charge < -0.3 is 40.3 Å². The Kier molecular flexibility index (Phi) is 9.72. The van der Waals surface area contributed by atoms with Crippen LogP contribution in [-0.4, -0.2) is 97.4 Å². The van der Waals surface area contributed by atoms with Crippen LogP contribution in [0, 0.1) is 0 Å². The third kappa shape index (κ3) is 7.35. The van der Waals surface area contributed by atoms with Crippen molar-refractivity contribution in [1.82, 2.24) is 0 Å². The summed E-state index contributed by atoms with van der Waals surface area (Å²) in [5.74, 6) is -0.547. The molecule has 0 heterocycles. The number of phosphoric acid groups is 1. The predicted molar refractivity (Wildman–Crippen MR) is 87.2 cm³/mol. The molecule has 0 aromatic heterocycles. The summed E-state index contributed by atoms with van der Waals surface area (Å²) < 4.78 is 25.7. The molecule has 1 saturated carbocycles. The first-order valence-corrected chi connectivity index (χ1v) is 9.89. The topological polar surface area (TPSA) is 203 Å². The molecule has 12 nitrogen and oxygen atoms in total. The number of esters is 1. The number of aliphatic hydroxyl groups is 6. The minimum atomic E-state index is -4.95. The molecule has 0 bridgehead atoms. The number of rotatable bonds is 10. The fourth-order valence-corrected chi connectivity index (χ4v) is 3.29. The van der Waals surface area contributed by atoms with E-state index in [1.165, 1.54) is 0 Å². The van der Waals surface area contributed by atoms with Gasteiger partial charge in [0.05, 0.1) is 6.61 Å². The molecule has 0 saturated heterocycles. The molecule has 6 unspecified atom stereocenters. The molecule has 1 fully saturated rings. The molecular weight excluding hydrogens is 391 g/mol. The van der Waals surface area contributed by atoms with Gasteiger partial charge in [-0.05, 0) is 6.42 Å². The highest BCUT2D eigenvalue weighted by atomic mass is 31.2. The first kappa shape index (κ1) is 24.4. The van der Waals surface area contributed by atoms with Crippen LogP contribution in [0.25, 0.3) is 0 Å². The maximum Gasteiger partial charge on any atom is 0.472 e. The highest BCUT2D eigenvalue weighted by Crippen LogP contribution is 2.47. The molecule has 1 aliphatic rings. The lowest BCUT2D eigenvalue weighted by atomic mass is 9.85. The van der Waals surface area contributed by atoms with Gasteiger partial charge in [0.25, 0.3) is 0 Å². The predicted octanol–water partition coefficient (Wildman–Crippen LogP) is -2.60. The van der Waals surface area contributed by atoms with Gasteiger partial charge in [-0.25, -0.2) is 4.57 Å². The second-order valence-electron chi connectivity index (χ2n) is 6.23. The average Bonchev–Trinajstić information content (AvgIpc) is 2.63. The van der Waals surface area contributed by atoms with Crippen molar-refractivity contribution in [3.63, 3.8) is 0 Å². The Hall–Kier alpha value is -0.660. The Labute approximate surface area is 155 Å². The fourth-order valence-electron chi connectivity index (χ4n) is 2.32. The van der Waals surface area contributed by atoms with Crippen LogP contribution in [0.15, 0.2) is 0 Å². The van der Waals surface area contributed by atoms with Crippen LogP contribution in [0.1, 0.15) is 26.2 Å². The molecule has 13 heteroatoms. The van der Waals surface area contributed by atoms with Gasteiger partial charge in [-0.15, -0.1) is 0 Å². The van der Waals surface area contributed by atoms with Crippen molar-refractivity contribution in [2.45, 2.75) is 68.9 Å². The van der Waals surface area contributed by atoms with Crippen LogP contribution in [0.3, 0.4) is 0 Å². The summed E-state index contributed by atoms with van der Waals surface area (Å²) in [4.78, 5) is 20.9. The largest absolute Gasteiger partial charge is 0.472 e. The highest BCUT2D eigenvalue weighted by molar-refractivity contribution is 7.47. The van der Waals surface area contributed by atoms with Crippen molar-refractivity contribution in [1.29, 1.82) is 0 Å². The molecule has 0 aromatic rings. The number of hydrogen-bond donors (Lipinski definition) is 7. The lowest BCUT2D eigenvalue weighted by molar-refractivity contribution is -0.220. The molecule has 0 spiro atoms. The van der Waals surface area contributed by atoms with Crippen LogP contribution in [0.5, 0.6) is 0 Å². The third-order valence-electron chi connectivity index (χ3n) is 3.93. The second kappa shape index (κ2) is 10.8. The van der Waals surface area contributed by atoms with Gasteiger partial charge in [-0.3, -0.25) is 13.8 Å². The lowest BCUT2D eigenvalue weighted by Gasteiger charge is -2.41. The number of unbranched alkanes of at least 4 members (excludes halogenated alkanes) is 1. The summed E-state index contributed by atoms with van der Waals surface area (Å²) in [6, 6.07) is 0. The van der Waals surface area contributed by atoms with Gasteiger partial charge in [0.2, 0.25) is 0 Å². The molecular formula is C14H27O12P. The number of carbonyl (C=O) groups excluding carboxylic acids is 1. The normalized spacial score (nSPS) is 34.7. The maximum atomic E-state index is 11.9. The van der Waals surface area contributed by atoms with E-state index < -0.39 is 69.7 Å². The Balaban J connectivity index is 2.50. The number of carbonyl (C=O) groups is 1. The third-order valence-corrected chi connectivity index (χ3v) is 4.91. The Bertz CT molecular complexity index is 500. The van der Waals surface area contributed by atoms with E-state index in [-0.39, 0.29) is 6.42 Å². The molecule has 160 valence electrons. The Morgan fingerprint density at radius 3 is 2.04 bits per heavy atom. The SMILES string of the molecule is CCCCC(=O)OCC(O)COP(=O)(O)OC1C(O)C(O)C(O)C(O)C1O. The lowest BCUT2D eigenvalue weighted by Crippen LogP contribution is -2.64. The standard InChI is InChI=1S/C14H27O12P/c1-2-3-4-8(16)24-5-7(15)6-25-27(22,23)26-14-12(20)10(18)9(17)11(19)13(14)21/h7,9-15,17-21H,2-6H2,1H3,(H,22,23). The molecule has 1 rings (SSSR count). The number of phosphoric ester groups is 1. The van der Waals surface area contributed by atoms with Crippen molar-refractivity contribution in [3.05, 3.63) is 0 Å². The van der Waals surface area contributed by atoms with Crippen molar-refractivity contribution < 1.29 is 58.7 Å². The molecule has 0 radical (unpaired) electrons. The zero-order chi connectivity index (χ0) is 20.8. The van der Waals surface area contributed by atoms with E-state index in [0.717, 1.165) is 6.42 Å². The van der Waals surface area contributed by atoms with Gasteiger partial charge in [0.15, 0.2) is 0 Å². The first-order chi connectivity index (χ1) is 12.5. The fraction of sp³-hybridized carbons (Fsp3) is 0.929. The van der Waals surface area contributed by atoms with E-state index in [4.69, 9.17) is 4.74 Å². The summed E-state index contributed by atoms with van der Waals surface area (Å²) in [6.45, 7) is 0.621. The highest BCUT2D eigenvalue weighted by Gasteiger charge is 2.51. The second-order valence-corrected chi connectivity index (χ2v) is 7.63. The van der Waals surface area contributed by atoms with E-state index >= 15 is 0 Å². The molecule has 7 N–H and O–H groups in total. The van der Waals surface area contributed by atoms with Crippen LogP contribution >= 0.6 is 7.82 Å². The van der Waals surface area contributed by atoms with Crippen molar-refractivity contribution in [3.8, 4) is 0 Å². The molecule has 0 amide bonds. The van der Waals surface area contributed by atoms with Crippen molar-refractivity contribution >= 4 is 13.8 Å². The van der Waals surface area contributed by atoms with E-state index in [1.807, 2.05) is 6.92 Å². The van der Waals surface area contributed by atoms with E-state index in [0.29, 0.717) is 6.42 Å². The van der Waals surface area contributed by atoms with E-state index in [2.05, 4.69) is 9.05 Å². The van der Waals surface area contributed by atoms with Gasteiger partial charge in [0, 0.05) is 6.42 Å². The molecule has 6 atom stereocenters. The van der Waals surface area contributed by atoms with E-state index in [9.17, 15) is 44.9 Å². The molecule has 0 aromatic carbocycles. The van der Waals surface area contributed by atoms with Gasteiger partial charge >= 0.3 is 13.8 Å². The number of aliphatic hydroxyl groups excluding tert-OH is 6. The quantitative estimate of drug-likeness (QED) is 0.144. The number of hydrogen-bond acceptors (Lipinski definition) is 11. The monoisotopic (exact) mass is 418 g/mol. The Morgan fingerprint density at radius 1 is 1.00 bits per heavy atom. The smallest absolute Gasteiger partial charge is 0.463 e. The van der Waals surface area contributed by atoms with Crippen molar-refractivity contribution in [2.24, 2.45) is 0 Å². The van der Waals surface area contributed by atoms with Gasteiger partial charge in [0.1, 0.15) is 49.3 Å². The zero-order valence-electron chi connectivity index (χ0n) is 14.7. The summed E-state index contributed by atoms with van der Waals surface area (Å²) in [5, 5.41) is 57.6. The number of ether oxygens (including phenoxy) is 1. The summed E-state index contributed by atoms with van der Waals surface area (Å²) in [7, 11) is -4.95. The molecule has 27 heavy (non-hydrogen) atoms. The van der Waals surface area contributed by atoms with Crippen LogP contribution in [0.2, 0.25) is 0 Å². The Morgan fingerprint density at radius 2 is 1.52 bits per heavy atom. The van der Waals surface area contributed by atoms with Crippen LogP contribution in [-0.2, 0) is 23.1 Å². The average molecular weight is 418 g/mol. The summed E-state index contributed by atoms with van der Waals surface area (Å²) in [5.41, 5.74) is 0.